The van der Waals surface area contributed by atoms with Gasteiger partial charge < -0.3 is 10.3 Å². The molecule has 1 saturated carbocycles. The molecule has 2 rings (SSSR count). The molecule has 0 radical (unpaired) electrons. The van der Waals surface area contributed by atoms with Crippen LogP contribution in [-0.2, 0) is 0 Å². The second kappa shape index (κ2) is 5.12. The van der Waals surface area contributed by atoms with E-state index < -0.39 is 0 Å². The summed E-state index contributed by atoms with van der Waals surface area (Å²) in [7, 11) is 0. The maximum absolute atomic E-state index is 5.81. The summed E-state index contributed by atoms with van der Waals surface area (Å²) in [6.45, 7) is 4.48. The molecule has 0 bridgehead atoms. The molecule has 0 aliphatic heterocycles. The lowest BCUT2D eigenvalue weighted by atomic mass is 10.0. The molecule has 1 fully saturated rings. The highest BCUT2D eigenvalue weighted by molar-refractivity contribution is 7.80. The first kappa shape index (κ1) is 13.1. The van der Waals surface area contributed by atoms with Crippen LogP contribution in [0, 0.1) is 11.8 Å². The molecular weight excluding hydrogens is 277 g/mol. The van der Waals surface area contributed by atoms with Gasteiger partial charge >= 0.3 is 0 Å². The molecule has 1 aromatic heterocycles. The van der Waals surface area contributed by atoms with Crippen LogP contribution in [-0.4, -0.2) is 21.0 Å². The lowest BCUT2D eigenvalue weighted by Crippen LogP contribution is -2.39. The van der Waals surface area contributed by atoms with Crippen LogP contribution in [0.3, 0.4) is 0 Å². The van der Waals surface area contributed by atoms with Gasteiger partial charge in [0.05, 0.1) is 0 Å². The van der Waals surface area contributed by atoms with Gasteiger partial charge in [-0.15, -0.1) is 0 Å². The monoisotopic (exact) mass is 291 g/mol. The standard InChI is InChI=1S/C11H15Cl2N3S/c1-5-3-4-6(2)7(5)14-11(17)10-15-8(12)9(13)16-10/h5-7H,3-4H2,1-2H3,(H,14,17)(H,15,16)/t5-,6+,7?. The maximum atomic E-state index is 5.81. The summed E-state index contributed by atoms with van der Waals surface area (Å²) < 4.78 is 0. The number of nitrogens with one attached hydrogen (secondary N) is 2. The number of aromatic amines is 1. The molecule has 3 atom stereocenters. The molecule has 0 spiro atoms. The fourth-order valence-electron chi connectivity index (χ4n) is 2.39. The number of hydrogen-bond acceptors (Lipinski definition) is 2. The Morgan fingerprint density at radius 3 is 2.41 bits per heavy atom. The predicted molar refractivity (Wildman–Crippen MR) is 74.8 cm³/mol. The summed E-state index contributed by atoms with van der Waals surface area (Å²) >= 11 is 16.9. The number of rotatable bonds is 2. The molecule has 1 aliphatic rings. The van der Waals surface area contributed by atoms with E-state index in [1.165, 1.54) is 12.8 Å². The average molecular weight is 292 g/mol. The first-order valence-corrected chi connectivity index (χ1v) is 6.87. The minimum Gasteiger partial charge on any atom is -0.370 e. The molecule has 1 aliphatic carbocycles. The van der Waals surface area contributed by atoms with E-state index in [2.05, 4.69) is 29.1 Å². The van der Waals surface area contributed by atoms with Gasteiger partial charge in [0.25, 0.3) is 0 Å². The van der Waals surface area contributed by atoms with E-state index in [0.717, 1.165) is 0 Å². The second-order valence-corrected chi connectivity index (χ2v) is 5.87. The lowest BCUT2D eigenvalue weighted by Gasteiger charge is -2.22. The molecule has 6 heteroatoms. The smallest absolute Gasteiger partial charge is 0.167 e. The maximum Gasteiger partial charge on any atom is 0.167 e. The predicted octanol–water partition coefficient (Wildman–Crippen LogP) is 3.42. The number of halogens is 2. The van der Waals surface area contributed by atoms with E-state index in [-0.39, 0.29) is 5.15 Å². The molecular formula is C11H15Cl2N3S. The second-order valence-electron chi connectivity index (χ2n) is 4.72. The SMILES string of the molecule is C[C@@H]1CC[C@H](C)C1NC(=S)c1nc(Cl)c(Cl)[nH]1. The Kier molecular flexibility index (Phi) is 3.95. The first-order valence-electron chi connectivity index (χ1n) is 5.71. The van der Waals surface area contributed by atoms with E-state index in [9.17, 15) is 0 Å². The first-order chi connectivity index (χ1) is 7.99. The van der Waals surface area contributed by atoms with Gasteiger partial charge in [-0.25, -0.2) is 4.98 Å². The van der Waals surface area contributed by atoms with Crippen LogP contribution in [0.15, 0.2) is 0 Å². The Morgan fingerprint density at radius 1 is 1.35 bits per heavy atom. The molecule has 0 saturated heterocycles. The number of thiocarbonyl (C=S) groups is 1. The number of nitrogens with zero attached hydrogens (tertiary/aromatic N) is 1. The number of aromatic nitrogens is 2. The van der Waals surface area contributed by atoms with Crippen LogP contribution >= 0.6 is 35.4 Å². The van der Waals surface area contributed by atoms with Crippen LogP contribution in [0.25, 0.3) is 0 Å². The third-order valence-corrected chi connectivity index (χ3v) is 4.39. The Labute approximate surface area is 116 Å². The Balaban J connectivity index is 2.06. The summed E-state index contributed by atoms with van der Waals surface area (Å²) in [6, 6.07) is 0.408. The fourth-order valence-corrected chi connectivity index (χ4v) is 2.88. The minimum absolute atomic E-state index is 0.262. The van der Waals surface area contributed by atoms with Gasteiger partial charge in [-0.3, -0.25) is 0 Å². The zero-order chi connectivity index (χ0) is 12.6. The topological polar surface area (TPSA) is 40.7 Å². The van der Waals surface area contributed by atoms with Gasteiger partial charge in [-0.2, -0.15) is 0 Å². The van der Waals surface area contributed by atoms with Crippen LogP contribution < -0.4 is 5.32 Å². The van der Waals surface area contributed by atoms with Crippen molar-refractivity contribution in [2.24, 2.45) is 11.8 Å². The summed E-state index contributed by atoms with van der Waals surface area (Å²) in [5.74, 6) is 1.80. The van der Waals surface area contributed by atoms with Crippen molar-refractivity contribution in [1.29, 1.82) is 0 Å². The highest BCUT2D eigenvalue weighted by atomic mass is 35.5. The zero-order valence-corrected chi connectivity index (χ0v) is 12.1. The van der Waals surface area contributed by atoms with Crippen molar-refractivity contribution in [3.63, 3.8) is 0 Å². The molecule has 0 aromatic carbocycles. The Hall–Kier alpha value is -0.320. The third-order valence-electron chi connectivity index (χ3n) is 3.44. The molecule has 94 valence electrons. The summed E-state index contributed by atoms with van der Waals surface area (Å²) in [6.07, 6.45) is 2.47. The highest BCUT2D eigenvalue weighted by Gasteiger charge is 2.31. The average Bonchev–Trinajstić information content (AvgIpc) is 2.76. The van der Waals surface area contributed by atoms with E-state index in [0.29, 0.717) is 33.8 Å². The minimum atomic E-state index is 0.262. The van der Waals surface area contributed by atoms with Gasteiger partial charge in [0, 0.05) is 6.04 Å². The largest absolute Gasteiger partial charge is 0.370 e. The molecule has 2 N–H and O–H groups in total. The highest BCUT2D eigenvalue weighted by Crippen LogP contribution is 2.30. The van der Waals surface area contributed by atoms with Crippen molar-refractivity contribution in [3.05, 3.63) is 16.1 Å². The number of imidazole rings is 1. The third kappa shape index (κ3) is 2.75. The molecule has 1 aromatic rings. The van der Waals surface area contributed by atoms with Gasteiger partial charge in [0.2, 0.25) is 0 Å². The molecule has 3 nitrogen and oxygen atoms in total. The van der Waals surface area contributed by atoms with Gasteiger partial charge in [-0.1, -0.05) is 49.3 Å². The van der Waals surface area contributed by atoms with Crippen LogP contribution in [0.4, 0.5) is 0 Å². The Morgan fingerprint density at radius 2 is 1.94 bits per heavy atom. The van der Waals surface area contributed by atoms with Crippen molar-refractivity contribution in [1.82, 2.24) is 15.3 Å². The summed E-state index contributed by atoms with van der Waals surface area (Å²) in [5, 5.41) is 3.95. The van der Waals surface area contributed by atoms with Crippen molar-refractivity contribution in [2.45, 2.75) is 32.7 Å². The van der Waals surface area contributed by atoms with Crippen molar-refractivity contribution in [3.8, 4) is 0 Å². The lowest BCUT2D eigenvalue weighted by molar-refractivity contribution is 0.419. The molecule has 1 heterocycles. The zero-order valence-electron chi connectivity index (χ0n) is 9.76. The molecule has 1 unspecified atom stereocenters. The number of hydrogen-bond donors (Lipinski definition) is 2. The van der Waals surface area contributed by atoms with E-state index in [4.69, 9.17) is 35.4 Å². The normalized spacial score (nSPS) is 28.4. The Bertz CT molecular complexity index is 403. The quantitative estimate of drug-likeness (QED) is 0.821. The van der Waals surface area contributed by atoms with E-state index >= 15 is 0 Å². The van der Waals surface area contributed by atoms with Crippen LogP contribution in [0.1, 0.15) is 32.5 Å². The number of H-pyrrole nitrogens is 1. The van der Waals surface area contributed by atoms with Gasteiger partial charge in [-0.05, 0) is 24.7 Å². The van der Waals surface area contributed by atoms with Crippen molar-refractivity contribution in [2.75, 3.05) is 0 Å². The van der Waals surface area contributed by atoms with E-state index in [1.54, 1.807) is 0 Å². The van der Waals surface area contributed by atoms with Crippen molar-refractivity contribution >= 4 is 40.4 Å². The van der Waals surface area contributed by atoms with Crippen LogP contribution in [0.5, 0.6) is 0 Å². The van der Waals surface area contributed by atoms with Gasteiger partial charge in [0.1, 0.15) is 10.1 Å². The molecule has 0 amide bonds. The summed E-state index contributed by atoms with van der Waals surface area (Å²) in [5.41, 5.74) is 0. The fraction of sp³-hybridized carbons (Fsp3) is 0.636. The summed E-state index contributed by atoms with van der Waals surface area (Å²) in [4.78, 5) is 7.53. The van der Waals surface area contributed by atoms with Crippen LogP contribution in [0.2, 0.25) is 10.3 Å². The molecule has 17 heavy (non-hydrogen) atoms. The van der Waals surface area contributed by atoms with E-state index in [1.807, 2.05) is 0 Å². The van der Waals surface area contributed by atoms with Crippen molar-refractivity contribution < 1.29 is 0 Å². The van der Waals surface area contributed by atoms with Gasteiger partial charge in [0.15, 0.2) is 11.0 Å².